The van der Waals surface area contributed by atoms with Crippen LogP contribution in [0.3, 0.4) is 0 Å². The van der Waals surface area contributed by atoms with E-state index in [1.165, 1.54) is 5.56 Å². The smallest absolute Gasteiger partial charge is 0.191 e. The van der Waals surface area contributed by atoms with Crippen molar-refractivity contribution in [2.24, 2.45) is 4.99 Å². The Bertz CT molecular complexity index is 609. The van der Waals surface area contributed by atoms with E-state index >= 15 is 0 Å². The quantitative estimate of drug-likeness (QED) is 0.500. The standard InChI is InChI=1S/C16H18Cl2N4/c1-19-16(22-11-13-4-7-15(18)21-10-13)20-9-8-12-2-5-14(17)6-3-12/h2-7,10H,8-9,11H2,1H3,(H2,19,20,22). The maximum Gasteiger partial charge on any atom is 0.191 e. The molecule has 2 aromatic rings. The number of rotatable bonds is 5. The average Bonchev–Trinajstić information content (AvgIpc) is 2.54. The zero-order chi connectivity index (χ0) is 15.8. The number of halogens is 2. The van der Waals surface area contributed by atoms with Gasteiger partial charge in [-0.2, -0.15) is 0 Å². The summed E-state index contributed by atoms with van der Waals surface area (Å²) >= 11 is 11.6. The van der Waals surface area contributed by atoms with Crippen molar-refractivity contribution in [3.05, 3.63) is 63.9 Å². The fourth-order valence-corrected chi connectivity index (χ4v) is 2.13. The van der Waals surface area contributed by atoms with Gasteiger partial charge >= 0.3 is 0 Å². The third kappa shape index (κ3) is 5.54. The molecule has 0 aliphatic heterocycles. The van der Waals surface area contributed by atoms with E-state index in [0.29, 0.717) is 11.7 Å². The highest BCUT2D eigenvalue weighted by molar-refractivity contribution is 6.30. The monoisotopic (exact) mass is 336 g/mol. The van der Waals surface area contributed by atoms with Crippen molar-refractivity contribution in [2.45, 2.75) is 13.0 Å². The Hall–Kier alpha value is -1.78. The van der Waals surface area contributed by atoms with E-state index in [0.717, 1.165) is 29.5 Å². The van der Waals surface area contributed by atoms with Crippen molar-refractivity contribution in [3.8, 4) is 0 Å². The maximum absolute atomic E-state index is 5.87. The number of nitrogens with zero attached hydrogens (tertiary/aromatic N) is 2. The number of benzene rings is 1. The molecule has 0 amide bonds. The Morgan fingerprint density at radius 3 is 2.41 bits per heavy atom. The van der Waals surface area contributed by atoms with Gasteiger partial charge in [-0.3, -0.25) is 4.99 Å². The second-order valence-corrected chi connectivity index (χ2v) is 5.54. The summed E-state index contributed by atoms with van der Waals surface area (Å²) in [5.41, 5.74) is 2.28. The van der Waals surface area contributed by atoms with Crippen LogP contribution >= 0.6 is 23.2 Å². The van der Waals surface area contributed by atoms with E-state index in [-0.39, 0.29) is 0 Å². The first-order valence-corrected chi connectivity index (χ1v) is 7.72. The summed E-state index contributed by atoms with van der Waals surface area (Å²) in [6.45, 7) is 1.44. The minimum atomic E-state index is 0.495. The van der Waals surface area contributed by atoms with E-state index in [9.17, 15) is 0 Å². The molecule has 0 unspecified atom stereocenters. The van der Waals surface area contributed by atoms with Gasteiger partial charge in [0, 0.05) is 31.4 Å². The zero-order valence-corrected chi connectivity index (χ0v) is 13.8. The molecule has 22 heavy (non-hydrogen) atoms. The third-order valence-corrected chi connectivity index (χ3v) is 3.57. The predicted octanol–water partition coefficient (Wildman–Crippen LogP) is 3.30. The molecule has 4 nitrogen and oxygen atoms in total. The van der Waals surface area contributed by atoms with Crippen molar-refractivity contribution in [2.75, 3.05) is 13.6 Å². The summed E-state index contributed by atoms with van der Waals surface area (Å²) < 4.78 is 0. The molecule has 0 aliphatic carbocycles. The largest absolute Gasteiger partial charge is 0.356 e. The van der Waals surface area contributed by atoms with Crippen LogP contribution in [0.4, 0.5) is 0 Å². The first kappa shape index (κ1) is 16.6. The van der Waals surface area contributed by atoms with Gasteiger partial charge in [-0.1, -0.05) is 41.4 Å². The number of pyridine rings is 1. The molecule has 0 saturated heterocycles. The molecule has 6 heteroatoms. The second kappa shape index (κ2) is 8.61. The van der Waals surface area contributed by atoms with Crippen LogP contribution in [0.2, 0.25) is 10.2 Å². The van der Waals surface area contributed by atoms with Crippen LogP contribution < -0.4 is 10.6 Å². The van der Waals surface area contributed by atoms with Crippen molar-refractivity contribution < 1.29 is 0 Å². The van der Waals surface area contributed by atoms with E-state index in [1.807, 2.05) is 30.3 Å². The number of hydrogen-bond acceptors (Lipinski definition) is 2. The highest BCUT2D eigenvalue weighted by Gasteiger charge is 1.99. The zero-order valence-electron chi connectivity index (χ0n) is 12.3. The highest BCUT2D eigenvalue weighted by Crippen LogP contribution is 2.09. The molecule has 0 fully saturated rings. The average molecular weight is 337 g/mol. The Kier molecular flexibility index (Phi) is 6.49. The fourth-order valence-electron chi connectivity index (χ4n) is 1.89. The lowest BCUT2D eigenvalue weighted by molar-refractivity contribution is 0.793. The molecule has 1 aromatic heterocycles. The molecular formula is C16H18Cl2N4. The van der Waals surface area contributed by atoms with Gasteiger partial charge in [0.15, 0.2) is 5.96 Å². The van der Waals surface area contributed by atoms with Crippen molar-refractivity contribution in [3.63, 3.8) is 0 Å². The molecular weight excluding hydrogens is 319 g/mol. The van der Waals surface area contributed by atoms with E-state index in [1.54, 1.807) is 19.3 Å². The van der Waals surface area contributed by atoms with Gasteiger partial charge in [0.25, 0.3) is 0 Å². The molecule has 116 valence electrons. The summed E-state index contributed by atoms with van der Waals surface area (Å²) in [5.74, 6) is 0.754. The predicted molar refractivity (Wildman–Crippen MR) is 92.6 cm³/mol. The molecule has 0 atom stereocenters. The summed E-state index contributed by atoms with van der Waals surface area (Å²) in [6.07, 6.45) is 2.65. The molecule has 0 aliphatic rings. The number of nitrogens with one attached hydrogen (secondary N) is 2. The molecule has 0 spiro atoms. The third-order valence-electron chi connectivity index (χ3n) is 3.09. The summed E-state index contributed by atoms with van der Waals surface area (Å²) in [7, 11) is 1.75. The van der Waals surface area contributed by atoms with Gasteiger partial charge in [0.2, 0.25) is 0 Å². The molecule has 0 bridgehead atoms. The van der Waals surface area contributed by atoms with Crippen molar-refractivity contribution in [1.29, 1.82) is 0 Å². The molecule has 0 radical (unpaired) electrons. The van der Waals surface area contributed by atoms with Crippen LogP contribution in [0.25, 0.3) is 0 Å². The van der Waals surface area contributed by atoms with Gasteiger partial charge in [0.05, 0.1) is 0 Å². The van der Waals surface area contributed by atoms with Crippen LogP contribution in [0.5, 0.6) is 0 Å². The lowest BCUT2D eigenvalue weighted by atomic mass is 10.1. The Labute approximate surface area is 140 Å². The van der Waals surface area contributed by atoms with Crippen LogP contribution in [0.1, 0.15) is 11.1 Å². The Morgan fingerprint density at radius 2 is 1.77 bits per heavy atom. The van der Waals surface area contributed by atoms with Crippen molar-refractivity contribution in [1.82, 2.24) is 15.6 Å². The molecule has 2 rings (SSSR count). The highest BCUT2D eigenvalue weighted by atomic mass is 35.5. The molecule has 0 saturated carbocycles. The summed E-state index contributed by atoms with van der Waals surface area (Å²) in [4.78, 5) is 8.24. The lowest BCUT2D eigenvalue weighted by Gasteiger charge is -2.12. The minimum absolute atomic E-state index is 0.495. The molecule has 2 N–H and O–H groups in total. The van der Waals surface area contributed by atoms with Crippen LogP contribution in [0, 0.1) is 0 Å². The number of aromatic nitrogens is 1. The molecule has 1 aromatic carbocycles. The van der Waals surface area contributed by atoms with Gasteiger partial charge in [0.1, 0.15) is 5.15 Å². The lowest BCUT2D eigenvalue weighted by Crippen LogP contribution is -2.37. The summed E-state index contributed by atoms with van der Waals surface area (Å²) in [5, 5.41) is 7.76. The first-order valence-electron chi connectivity index (χ1n) is 6.97. The number of guanidine groups is 1. The normalized spacial score (nSPS) is 11.3. The number of aliphatic imine (C=N–C) groups is 1. The van der Waals surface area contributed by atoms with E-state index in [4.69, 9.17) is 23.2 Å². The Balaban J connectivity index is 1.75. The van der Waals surface area contributed by atoms with Gasteiger partial charge in [-0.25, -0.2) is 4.98 Å². The maximum atomic E-state index is 5.87. The van der Waals surface area contributed by atoms with Crippen LogP contribution in [-0.4, -0.2) is 24.5 Å². The minimum Gasteiger partial charge on any atom is -0.356 e. The SMILES string of the molecule is CN=C(NCCc1ccc(Cl)cc1)NCc1ccc(Cl)nc1. The van der Waals surface area contributed by atoms with Gasteiger partial charge < -0.3 is 10.6 Å². The van der Waals surface area contributed by atoms with Crippen molar-refractivity contribution >= 4 is 29.2 Å². The fraction of sp³-hybridized carbons (Fsp3) is 0.250. The number of hydrogen-bond donors (Lipinski definition) is 2. The van der Waals surface area contributed by atoms with Gasteiger partial charge in [-0.05, 0) is 35.7 Å². The summed E-state index contributed by atoms with van der Waals surface area (Å²) in [6, 6.07) is 11.6. The van der Waals surface area contributed by atoms with E-state index in [2.05, 4.69) is 20.6 Å². The van der Waals surface area contributed by atoms with Gasteiger partial charge in [-0.15, -0.1) is 0 Å². The van der Waals surface area contributed by atoms with Crippen LogP contribution in [0.15, 0.2) is 47.6 Å². The van der Waals surface area contributed by atoms with Crippen LogP contribution in [-0.2, 0) is 13.0 Å². The second-order valence-electron chi connectivity index (χ2n) is 4.72. The Morgan fingerprint density at radius 1 is 1.05 bits per heavy atom. The first-order chi connectivity index (χ1) is 10.7. The topological polar surface area (TPSA) is 49.3 Å². The molecule has 1 heterocycles. The van der Waals surface area contributed by atoms with E-state index < -0.39 is 0 Å².